The molecule has 0 unspecified atom stereocenters. The number of nitrogens with one attached hydrogen (secondary N) is 3. The van der Waals surface area contributed by atoms with Gasteiger partial charge < -0.3 is 20.4 Å². The second-order valence-electron chi connectivity index (χ2n) is 6.67. The van der Waals surface area contributed by atoms with Crippen LogP contribution < -0.4 is 10.6 Å². The molecule has 0 aliphatic rings. The van der Waals surface area contributed by atoms with Crippen molar-refractivity contribution in [1.29, 1.82) is 0 Å². The lowest BCUT2D eigenvalue weighted by atomic mass is 10.2. The van der Waals surface area contributed by atoms with Crippen LogP contribution in [0.25, 0.3) is 0 Å². The summed E-state index contributed by atoms with van der Waals surface area (Å²) >= 11 is 0. The van der Waals surface area contributed by atoms with E-state index < -0.39 is 29.4 Å². The van der Waals surface area contributed by atoms with Gasteiger partial charge in [0.1, 0.15) is 17.3 Å². The van der Waals surface area contributed by atoms with E-state index in [0.29, 0.717) is 5.69 Å². The number of hydrogen-bond acceptors (Lipinski definition) is 5. The molecule has 1 atom stereocenters. The molecule has 2 amide bonds. The average molecular weight is 358 g/mol. The van der Waals surface area contributed by atoms with Gasteiger partial charge in [0.2, 0.25) is 0 Å². The second kappa shape index (κ2) is 7.81. The molecule has 1 aromatic heterocycles. The van der Waals surface area contributed by atoms with Gasteiger partial charge >= 0.3 is 5.97 Å². The highest BCUT2D eigenvalue weighted by atomic mass is 16.6. The van der Waals surface area contributed by atoms with Crippen LogP contribution in [0.5, 0.6) is 0 Å². The molecule has 1 aromatic carbocycles. The quantitative estimate of drug-likeness (QED) is 0.709. The van der Waals surface area contributed by atoms with Crippen LogP contribution in [-0.2, 0) is 9.53 Å². The largest absolute Gasteiger partial charge is 0.458 e. The molecule has 0 spiro atoms. The van der Waals surface area contributed by atoms with E-state index in [9.17, 15) is 14.4 Å². The molecular formula is C18H22N4O4. The highest BCUT2D eigenvalue weighted by molar-refractivity contribution is 6.10. The molecular weight excluding hydrogens is 336 g/mol. The smallest absolute Gasteiger partial charge is 0.328 e. The Morgan fingerprint density at radius 2 is 1.77 bits per heavy atom. The summed E-state index contributed by atoms with van der Waals surface area (Å²) in [5.74, 6) is -1.73. The number of rotatable bonds is 5. The fourth-order valence-corrected chi connectivity index (χ4v) is 2.07. The van der Waals surface area contributed by atoms with Crippen molar-refractivity contribution < 1.29 is 19.1 Å². The number of anilines is 1. The summed E-state index contributed by atoms with van der Waals surface area (Å²) in [6.45, 7) is 6.72. The number of H-pyrrole nitrogens is 1. The van der Waals surface area contributed by atoms with Crippen LogP contribution >= 0.6 is 0 Å². The van der Waals surface area contributed by atoms with Crippen molar-refractivity contribution >= 4 is 23.5 Å². The summed E-state index contributed by atoms with van der Waals surface area (Å²) in [5, 5.41) is 5.15. The van der Waals surface area contributed by atoms with Crippen LogP contribution in [0, 0.1) is 0 Å². The zero-order valence-corrected chi connectivity index (χ0v) is 15.1. The normalized spacial score (nSPS) is 12.2. The molecule has 0 saturated carbocycles. The summed E-state index contributed by atoms with van der Waals surface area (Å²) in [6, 6.07) is 7.92. The Morgan fingerprint density at radius 3 is 2.38 bits per heavy atom. The van der Waals surface area contributed by atoms with E-state index in [0.717, 1.165) is 0 Å². The minimum atomic E-state index is -0.880. The Morgan fingerprint density at radius 1 is 1.12 bits per heavy atom. The molecule has 26 heavy (non-hydrogen) atoms. The van der Waals surface area contributed by atoms with E-state index in [1.165, 1.54) is 13.3 Å². The number of carbonyl (C=O) groups excluding carboxylic acids is 3. The fourth-order valence-electron chi connectivity index (χ4n) is 2.07. The third-order valence-electron chi connectivity index (χ3n) is 3.22. The van der Waals surface area contributed by atoms with Crippen molar-refractivity contribution in [2.24, 2.45) is 0 Å². The number of hydrogen-bond donors (Lipinski definition) is 3. The van der Waals surface area contributed by atoms with Crippen molar-refractivity contribution in [2.75, 3.05) is 5.32 Å². The van der Waals surface area contributed by atoms with Gasteiger partial charge in [0.05, 0.1) is 6.33 Å². The molecule has 0 fully saturated rings. The standard InChI is InChI=1S/C18H22N4O4/c1-11(17(25)26-18(2,3)4)21-15(23)13-14(20-10-19-13)16(24)22-12-8-6-5-7-9-12/h5-11H,1-4H3,(H,19,20)(H,21,23)(H,22,24)/t11-/m0/s1. The fraction of sp³-hybridized carbons (Fsp3) is 0.333. The first kappa shape index (κ1) is 19.2. The number of carbonyl (C=O) groups is 3. The Labute approximate surface area is 151 Å². The number of benzene rings is 1. The molecule has 2 aromatic rings. The molecule has 138 valence electrons. The van der Waals surface area contributed by atoms with Crippen LogP contribution in [-0.4, -0.2) is 39.4 Å². The van der Waals surface area contributed by atoms with Crippen molar-refractivity contribution in [3.63, 3.8) is 0 Å². The molecule has 0 bridgehead atoms. The molecule has 0 saturated heterocycles. The van der Waals surface area contributed by atoms with Crippen LogP contribution in [0.3, 0.4) is 0 Å². The van der Waals surface area contributed by atoms with Gasteiger partial charge in [0.25, 0.3) is 11.8 Å². The van der Waals surface area contributed by atoms with E-state index in [2.05, 4.69) is 20.6 Å². The predicted octanol–water partition coefficient (Wildman–Crippen LogP) is 2.12. The third-order valence-corrected chi connectivity index (χ3v) is 3.22. The zero-order valence-electron chi connectivity index (χ0n) is 15.1. The summed E-state index contributed by atoms with van der Waals surface area (Å²) in [5.41, 5.74) is -0.185. The van der Waals surface area contributed by atoms with Crippen molar-refractivity contribution in [2.45, 2.75) is 39.3 Å². The second-order valence-corrected chi connectivity index (χ2v) is 6.67. The van der Waals surface area contributed by atoms with E-state index in [1.807, 2.05) is 6.07 Å². The van der Waals surface area contributed by atoms with Gasteiger partial charge in [-0.25, -0.2) is 9.78 Å². The molecule has 8 heteroatoms. The zero-order chi connectivity index (χ0) is 19.3. The first-order chi connectivity index (χ1) is 12.2. The molecule has 8 nitrogen and oxygen atoms in total. The maximum absolute atomic E-state index is 12.4. The highest BCUT2D eigenvalue weighted by Crippen LogP contribution is 2.11. The van der Waals surface area contributed by atoms with Crippen LogP contribution in [0.15, 0.2) is 36.7 Å². The summed E-state index contributed by atoms with van der Waals surface area (Å²) in [6.07, 6.45) is 1.24. The van der Waals surface area contributed by atoms with Gasteiger partial charge in [0.15, 0.2) is 5.69 Å². The third kappa shape index (κ3) is 5.17. The number of amides is 2. The molecule has 2 rings (SSSR count). The van der Waals surface area contributed by atoms with E-state index >= 15 is 0 Å². The number of imidazole rings is 1. The molecule has 0 radical (unpaired) electrons. The van der Waals surface area contributed by atoms with Crippen molar-refractivity contribution in [3.8, 4) is 0 Å². The monoisotopic (exact) mass is 358 g/mol. The first-order valence-corrected chi connectivity index (χ1v) is 8.11. The Kier molecular flexibility index (Phi) is 5.76. The van der Waals surface area contributed by atoms with E-state index in [1.54, 1.807) is 45.0 Å². The number of esters is 1. The Hall–Kier alpha value is -3.16. The maximum Gasteiger partial charge on any atom is 0.328 e. The van der Waals surface area contributed by atoms with Crippen LogP contribution in [0.1, 0.15) is 48.7 Å². The summed E-state index contributed by atoms with van der Waals surface area (Å²) in [7, 11) is 0. The maximum atomic E-state index is 12.4. The Balaban J connectivity index is 2.06. The topological polar surface area (TPSA) is 113 Å². The van der Waals surface area contributed by atoms with E-state index in [-0.39, 0.29) is 11.4 Å². The van der Waals surface area contributed by atoms with Gasteiger partial charge in [-0.15, -0.1) is 0 Å². The lowest BCUT2D eigenvalue weighted by molar-refractivity contribution is -0.156. The van der Waals surface area contributed by atoms with Gasteiger partial charge in [-0.2, -0.15) is 0 Å². The lowest BCUT2D eigenvalue weighted by Gasteiger charge is -2.22. The number of aromatic nitrogens is 2. The van der Waals surface area contributed by atoms with Crippen LogP contribution in [0.2, 0.25) is 0 Å². The Bertz CT molecular complexity index is 793. The van der Waals surface area contributed by atoms with Gasteiger partial charge in [-0.05, 0) is 39.8 Å². The average Bonchev–Trinajstić information content (AvgIpc) is 3.04. The van der Waals surface area contributed by atoms with Crippen molar-refractivity contribution in [1.82, 2.24) is 15.3 Å². The number of para-hydroxylation sites is 1. The SMILES string of the molecule is C[C@H](NC(=O)c1[nH]cnc1C(=O)Nc1ccccc1)C(=O)OC(C)(C)C. The summed E-state index contributed by atoms with van der Waals surface area (Å²) in [4.78, 5) is 43.2. The molecule has 1 heterocycles. The van der Waals surface area contributed by atoms with E-state index in [4.69, 9.17) is 4.74 Å². The van der Waals surface area contributed by atoms with Crippen LogP contribution in [0.4, 0.5) is 5.69 Å². The van der Waals surface area contributed by atoms with Crippen molar-refractivity contribution in [3.05, 3.63) is 48.0 Å². The highest BCUT2D eigenvalue weighted by Gasteiger charge is 2.26. The minimum Gasteiger partial charge on any atom is -0.458 e. The lowest BCUT2D eigenvalue weighted by Crippen LogP contribution is -2.42. The number of ether oxygens (including phenoxy) is 1. The van der Waals surface area contributed by atoms with Gasteiger partial charge in [-0.3, -0.25) is 9.59 Å². The first-order valence-electron chi connectivity index (χ1n) is 8.11. The summed E-state index contributed by atoms with van der Waals surface area (Å²) < 4.78 is 5.22. The number of aromatic amines is 1. The predicted molar refractivity (Wildman–Crippen MR) is 95.8 cm³/mol. The minimum absolute atomic E-state index is 0.0335. The number of nitrogens with zero attached hydrogens (tertiary/aromatic N) is 1. The van der Waals surface area contributed by atoms with Gasteiger partial charge in [-0.1, -0.05) is 18.2 Å². The van der Waals surface area contributed by atoms with Gasteiger partial charge in [0, 0.05) is 5.69 Å². The molecule has 0 aliphatic carbocycles. The molecule has 3 N–H and O–H groups in total. The molecule has 0 aliphatic heterocycles.